The lowest BCUT2D eigenvalue weighted by Gasteiger charge is -2.28. The Hall–Kier alpha value is -1.86. The van der Waals surface area contributed by atoms with Gasteiger partial charge >= 0.3 is 0 Å². The molecule has 0 saturated heterocycles. The number of rotatable bonds is 2. The average Bonchev–Trinajstić information content (AvgIpc) is 3.19. The number of amidine groups is 2. The Labute approximate surface area is 132 Å². The van der Waals surface area contributed by atoms with Gasteiger partial charge in [-0.15, -0.1) is 25.3 Å². The minimum Gasteiger partial charge on any atom is -0.461 e. The van der Waals surface area contributed by atoms with Crippen molar-refractivity contribution < 1.29 is 4.42 Å². The van der Waals surface area contributed by atoms with Gasteiger partial charge in [-0.3, -0.25) is 0 Å². The first kappa shape index (κ1) is 12.8. The van der Waals surface area contributed by atoms with Crippen molar-refractivity contribution >= 4 is 36.9 Å². The molecule has 0 N–H and O–H groups in total. The summed E-state index contributed by atoms with van der Waals surface area (Å²) in [6.45, 7) is 0. The van der Waals surface area contributed by atoms with Gasteiger partial charge in [0.2, 0.25) is 0 Å². The maximum Gasteiger partial charge on any atom is 0.192 e. The lowest BCUT2D eigenvalue weighted by atomic mass is 10.2. The molecule has 0 fully saturated rings. The molecule has 0 saturated carbocycles. The standard InChI is InChI=1S/C14H12N4OS2/c20-13-15-11(9-5-2-1-3-6-9)17-14(21)16-12(18(13)17)10-7-4-8-19-10/h1-8,13-14,20-21H/t13-,14+/m0/s1. The maximum atomic E-state index is 5.45. The molecule has 0 bridgehead atoms. The fourth-order valence-corrected chi connectivity index (χ4v) is 3.13. The second-order valence-electron chi connectivity index (χ2n) is 4.63. The molecule has 5 nitrogen and oxygen atoms in total. The predicted octanol–water partition coefficient (Wildman–Crippen LogP) is 2.45. The Morgan fingerprint density at radius 2 is 1.52 bits per heavy atom. The Morgan fingerprint density at radius 1 is 0.857 bits per heavy atom. The quantitative estimate of drug-likeness (QED) is 0.837. The van der Waals surface area contributed by atoms with Crippen molar-refractivity contribution in [2.24, 2.45) is 9.98 Å². The highest BCUT2D eigenvalue weighted by atomic mass is 32.1. The van der Waals surface area contributed by atoms with Crippen molar-refractivity contribution in [3.8, 4) is 0 Å². The van der Waals surface area contributed by atoms with E-state index < -0.39 is 0 Å². The molecule has 2 aromatic rings. The van der Waals surface area contributed by atoms with Crippen molar-refractivity contribution in [1.82, 2.24) is 10.0 Å². The zero-order valence-electron chi connectivity index (χ0n) is 10.9. The molecule has 106 valence electrons. The number of hydrazine groups is 1. The molecule has 1 aromatic carbocycles. The van der Waals surface area contributed by atoms with Crippen LogP contribution in [-0.4, -0.2) is 32.7 Å². The number of thiol groups is 2. The Morgan fingerprint density at radius 3 is 2.19 bits per heavy atom. The van der Waals surface area contributed by atoms with Crippen LogP contribution < -0.4 is 0 Å². The highest BCUT2D eigenvalue weighted by Crippen LogP contribution is 2.33. The number of nitrogens with zero attached hydrogens (tertiary/aromatic N) is 4. The van der Waals surface area contributed by atoms with Crippen LogP contribution in [0, 0.1) is 0 Å². The lowest BCUT2D eigenvalue weighted by molar-refractivity contribution is 0.167. The van der Waals surface area contributed by atoms with E-state index in [1.165, 1.54) is 0 Å². The first-order valence-electron chi connectivity index (χ1n) is 6.45. The molecule has 0 unspecified atom stereocenters. The van der Waals surface area contributed by atoms with Gasteiger partial charge in [-0.25, -0.2) is 20.0 Å². The normalized spacial score (nSPS) is 24.1. The molecular weight excluding hydrogens is 304 g/mol. The molecular formula is C14H12N4OS2. The summed E-state index contributed by atoms with van der Waals surface area (Å²) in [4.78, 5) is 9.17. The van der Waals surface area contributed by atoms with E-state index in [-0.39, 0.29) is 11.0 Å². The topological polar surface area (TPSA) is 44.3 Å². The van der Waals surface area contributed by atoms with Gasteiger partial charge in [0.1, 0.15) is 0 Å². The molecule has 4 rings (SSSR count). The minimum atomic E-state index is -0.346. The van der Waals surface area contributed by atoms with E-state index in [1.807, 2.05) is 52.5 Å². The van der Waals surface area contributed by atoms with Gasteiger partial charge in [-0.1, -0.05) is 30.3 Å². The van der Waals surface area contributed by atoms with Crippen molar-refractivity contribution in [2.45, 2.75) is 11.0 Å². The molecule has 7 heteroatoms. The van der Waals surface area contributed by atoms with Crippen LogP contribution in [0.3, 0.4) is 0 Å². The van der Waals surface area contributed by atoms with Crippen LogP contribution in [-0.2, 0) is 0 Å². The smallest absolute Gasteiger partial charge is 0.192 e. The number of furan rings is 1. The number of fused-ring (bicyclic) bond motifs is 1. The zero-order valence-corrected chi connectivity index (χ0v) is 12.7. The Bertz CT molecular complexity index is 714. The third-order valence-electron chi connectivity index (χ3n) is 3.35. The summed E-state index contributed by atoms with van der Waals surface area (Å²) in [6.07, 6.45) is 1.62. The van der Waals surface area contributed by atoms with E-state index >= 15 is 0 Å². The first-order chi connectivity index (χ1) is 10.3. The summed E-state index contributed by atoms with van der Waals surface area (Å²) in [6, 6.07) is 13.6. The van der Waals surface area contributed by atoms with Crippen LogP contribution in [0.2, 0.25) is 0 Å². The highest BCUT2D eigenvalue weighted by Gasteiger charge is 2.44. The summed E-state index contributed by atoms with van der Waals surface area (Å²) in [5.41, 5.74) is 0.316. The third kappa shape index (κ3) is 1.96. The zero-order chi connectivity index (χ0) is 14.4. The van der Waals surface area contributed by atoms with Crippen LogP contribution in [0.1, 0.15) is 11.3 Å². The largest absolute Gasteiger partial charge is 0.461 e. The van der Waals surface area contributed by atoms with Gasteiger partial charge in [0.25, 0.3) is 0 Å². The maximum absolute atomic E-state index is 5.45. The summed E-state index contributed by atoms with van der Waals surface area (Å²) in [5.74, 6) is 2.18. The molecule has 0 amide bonds. The van der Waals surface area contributed by atoms with Crippen molar-refractivity contribution in [2.75, 3.05) is 0 Å². The Kier molecular flexibility index (Phi) is 2.97. The van der Waals surface area contributed by atoms with Gasteiger partial charge < -0.3 is 4.42 Å². The summed E-state index contributed by atoms with van der Waals surface area (Å²) < 4.78 is 5.45. The van der Waals surface area contributed by atoms with E-state index in [0.29, 0.717) is 11.6 Å². The molecule has 3 heterocycles. The number of aliphatic imine (C=N–C) groups is 2. The van der Waals surface area contributed by atoms with E-state index in [1.54, 1.807) is 6.26 Å². The number of hydrogen-bond donors (Lipinski definition) is 2. The van der Waals surface area contributed by atoms with Crippen LogP contribution >= 0.6 is 25.3 Å². The molecule has 2 atom stereocenters. The molecule has 0 radical (unpaired) electrons. The first-order valence-corrected chi connectivity index (χ1v) is 7.48. The average molecular weight is 316 g/mol. The van der Waals surface area contributed by atoms with Gasteiger partial charge in [0.05, 0.1) is 6.26 Å². The third-order valence-corrected chi connectivity index (χ3v) is 4.02. The monoisotopic (exact) mass is 316 g/mol. The van der Waals surface area contributed by atoms with Crippen LogP contribution in [0.15, 0.2) is 63.1 Å². The molecule has 2 aliphatic rings. The summed E-state index contributed by atoms with van der Waals surface area (Å²) in [5, 5.41) is 3.82. The van der Waals surface area contributed by atoms with Crippen LogP contribution in [0.4, 0.5) is 0 Å². The lowest BCUT2D eigenvalue weighted by Crippen LogP contribution is -2.44. The molecule has 0 spiro atoms. The van der Waals surface area contributed by atoms with E-state index in [2.05, 4.69) is 35.2 Å². The second-order valence-corrected chi connectivity index (χ2v) is 5.55. The minimum absolute atomic E-state index is 0.346. The molecule has 1 aromatic heterocycles. The van der Waals surface area contributed by atoms with Gasteiger partial charge in [-0.05, 0) is 12.1 Å². The molecule has 2 aliphatic heterocycles. The summed E-state index contributed by atoms with van der Waals surface area (Å²) >= 11 is 9.10. The second kappa shape index (κ2) is 4.85. The van der Waals surface area contributed by atoms with Crippen LogP contribution in [0.25, 0.3) is 0 Å². The van der Waals surface area contributed by atoms with Crippen LogP contribution in [0.5, 0.6) is 0 Å². The number of hydrogen-bond acceptors (Lipinski definition) is 7. The molecule has 21 heavy (non-hydrogen) atoms. The van der Waals surface area contributed by atoms with E-state index in [4.69, 9.17) is 4.42 Å². The van der Waals surface area contributed by atoms with Gasteiger partial charge in [0, 0.05) is 5.56 Å². The fraction of sp³-hybridized carbons (Fsp3) is 0.143. The molecule has 0 aliphatic carbocycles. The number of benzene rings is 1. The van der Waals surface area contributed by atoms with Gasteiger partial charge in [0.15, 0.2) is 28.4 Å². The van der Waals surface area contributed by atoms with E-state index in [0.717, 1.165) is 11.4 Å². The Balaban J connectivity index is 1.74. The fourth-order valence-electron chi connectivity index (χ4n) is 2.47. The highest BCUT2D eigenvalue weighted by molar-refractivity contribution is 7.81. The summed E-state index contributed by atoms with van der Waals surface area (Å²) in [7, 11) is 0. The van der Waals surface area contributed by atoms with Gasteiger partial charge in [-0.2, -0.15) is 0 Å². The predicted molar refractivity (Wildman–Crippen MR) is 87.5 cm³/mol. The van der Waals surface area contributed by atoms with Crippen molar-refractivity contribution in [3.63, 3.8) is 0 Å². The van der Waals surface area contributed by atoms with Crippen molar-refractivity contribution in [1.29, 1.82) is 0 Å². The SMILES string of the molecule is S[C@@H]1N=C(c2ccco2)N2[C@@H](S)N=C(c3ccccc3)N12. The van der Waals surface area contributed by atoms with Crippen molar-refractivity contribution in [3.05, 3.63) is 60.1 Å². The van der Waals surface area contributed by atoms with E-state index in [9.17, 15) is 0 Å².